The van der Waals surface area contributed by atoms with Crippen LogP contribution in [0.2, 0.25) is 0 Å². The second-order valence-electron chi connectivity index (χ2n) is 38.2. The molecular weight excluding hydrogens is 1630 g/mol. The van der Waals surface area contributed by atoms with Crippen molar-refractivity contribution in [1.29, 1.82) is 0 Å². The Balaban J connectivity index is 0.000000147. The maximum absolute atomic E-state index is 6.19. The van der Waals surface area contributed by atoms with Crippen molar-refractivity contribution in [3.05, 3.63) is 494 Å². The van der Waals surface area contributed by atoms with Gasteiger partial charge in [-0.25, -0.2) is 0 Å². The first-order chi connectivity index (χ1) is 66.1. The average Bonchev–Trinajstić information content (AvgIpc) is 1.54. The summed E-state index contributed by atoms with van der Waals surface area (Å²) < 4.78 is 12.4. The van der Waals surface area contributed by atoms with Gasteiger partial charge in [0.2, 0.25) is 0 Å². The van der Waals surface area contributed by atoms with E-state index in [4.69, 9.17) is 8.83 Å². The number of nitrogens with zero attached hydrogens (tertiary/aromatic N) is 2. The molecule has 0 saturated carbocycles. The third kappa shape index (κ3) is 13.7. The smallest absolute Gasteiger partial charge is 0.135 e. The van der Waals surface area contributed by atoms with Crippen molar-refractivity contribution in [1.82, 2.24) is 0 Å². The van der Waals surface area contributed by atoms with Gasteiger partial charge in [0.25, 0.3) is 0 Å². The molecule has 0 bridgehead atoms. The van der Waals surface area contributed by atoms with Crippen molar-refractivity contribution in [2.45, 2.75) is 57.8 Å². The number of para-hydroxylation sites is 2. The van der Waals surface area contributed by atoms with E-state index in [1.807, 2.05) is 18.2 Å². The average molecular weight is 1730 g/mol. The van der Waals surface area contributed by atoms with Crippen LogP contribution in [0.15, 0.2) is 470 Å². The quantitative estimate of drug-likeness (QED) is 0.102. The van der Waals surface area contributed by atoms with Crippen molar-refractivity contribution in [3.63, 3.8) is 0 Å². The minimum absolute atomic E-state index is 0.183. The Bertz CT molecular complexity index is 8490. The summed E-state index contributed by atoms with van der Waals surface area (Å²) in [6, 6.07) is 169. The fourth-order valence-corrected chi connectivity index (χ4v) is 22.1. The monoisotopic (exact) mass is 1730 g/mol. The first kappa shape index (κ1) is 80.4. The second kappa shape index (κ2) is 31.8. The Labute approximate surface area is 787 Å². The molecule has 4 nitrogen and oxygen atoms in total. The first-order valence-corrected chi connectivity index (χ1v) is 47.0. The van der Waals surface area contributed by atoms with E-state index < -0.39 is 0 Å². The third-order valence-electron chi connectivity index (χ3n) is 29.4. The van der Waals surface area contributed by atoms with Gasteiger partial charge in [0.1, 0.15) is 22.3 Å². The normalized spacial score (nSPS) is 13.3. The van der Waals surface area contributed by atoms with Gasteiger partial charge < -0.3 is 18.6 Å². The van der Waals surface area contributed by atoms with E-state index in [9.17, 15) is 0 Å². The molecule has 2 heterocycles. The predicted molar refractivity (Wildman–Crippen MR) is 568 cm³/mol. The Morgan fingerprint density at radius 2 is 0.407 bits per heavy atom. The highest BCUT2D eigenvalue weighted by atomic mass is 16.3. The molecule has 0 aliphatic heterocycles. The molecule has 640 valence electrons. The first-order valence-electron chi connectivity index (χ1n) is 47.0. The zero-order valence-electron chi connectivity index (χ0n) is 76.1. The van der Waals surface area contributed by atoms with Gasteiger partial charge >= 0.3 is 0 Å². The van der Waals surface area contributed by atoms with Crippen LogP contribution in [0.4, 0.5) is 34.1 Å². The van der Waals surface area contributed by atoms with Crippen molar-refractivity contribution < 1.29 is 8.83 Å². The van der Waals surface area contributed by atoms with E-state index in [-0.39, 0.29) is 16.2 Å². The maximum atomic E-state index is 6.19. The van der Waals surface area contributed by atoms with Crippen LogP contribution in [0.5, 0.6) is 0 Å². The van der Waals surface area contributed by atoms with Gasteiger partial charge in [0, 0.05) is 71.6 Å². The lowest BCUT2D eigenvalue weighted by Gasteiger charge is -2.29. The Hall–Kier alpha value is -16.7. The molecule has 135 heavy (non-hydrogen) atoms. The topological polar surface area (TPSA) is 32.8 Å². The summed E-state index contributed by atoms with van der Waals surface area (Å²) in [6.45, 7) is 14.4. The van der Waals surface area contributed by atoms with Gasteiger partial charge in [-0.2, -0.15) is 0 Å². The van der Waals surface area contributed by atoms with Crippen LogP contribution in [0.3, 0.4) is 0 Å². The molecule has 0 atom stereocenters. The third-order valence-corrected chi connectivity index (χ3v) is 29.4. The van der Waals surface area contributed by atoms with Gasteiger partial charge in [-0.3, -0.25) is 0 Å². The number of furan rings is 2. The minimum Gasteiger partial charge on any atom is -0.456 e. The van der Waals surface area contributed by atoms with Crippen LogP contribution < -0.4 is 9.80 Å². The molecular formula is C131H94N2O2. The van der Waals surface area contributed by atoms with Crippen molar-refractivity contribution >= 4 is 99.5 Å². The number of rotatable bonds is 14. The molecule has 2 aromatic heterocycles. The number of anilines is 6. The van der Waals surface area contributed by atoms with Gasteiger partial charge in [-0.05, 0) is 299 Å². The van der Waals surface area contributed by atoms with E-state index >= 15 is 0 Å². The van der Waals surface area contributed by atoms with Gasteiger partial charge in [0.15, 0.2) is 0 Å². The molecule has 0 N–H and O–H groups in total. The summed E-state index contributed by atoms with van der Waals surface area (Å²) in [5.41, 5.74) is 45.2. The molecule has 0 radical (unpaired) electrons. The summed E-state index contributed by atoms with van der Waals surface area (Å²) in [6.07, 6.45) is 0. The molecule has 3 aliphatic rings. The number of fused-ring (bicyclic) bond motifs is 18. The lowest BCUT2D eigenvalue weighted by Crippen LogP contribution is -2.17. The van der Waals surface area contributed by atoms with E-state index in [1.54, 1.807) is 0 Å². The fourth-order valence-electron chi connectivity index (χ4n) is 22.1. The van der Waals surface area contributed by atoms with Crippen molar-refractivity contribution in [2.75, 3.05) is 9.80 Å². The highest BCUT2D eigenvalue weighted by Gasteiger charge is 2.43. The predicted octanol–water partition coefficient (Wildman–Crippen LogP) is 36.7. The van der Waals surface area contributed by atoms with E-state index in [2.05, 4.69) is 494 Å². The Kier molecular flexibility index (Phi) is 19.0. The molecule has 4 heteroatoms. The molecule has 0 unspecified atom stereocenters. The second-order valence-corrected chi connectivity index (χ2v) is 38.2. The van der Waals surface area contributed by atoms with E-state index in [1.165, 1.54) is 177 Å². The highest BCUT2D eigenvalue weighted by Crippen LogP contribution is 2.59. The Morgan fingerprint density at radius 1 is 0.156 bits per heavy atom. The van der Waals surface area contributed by atoms with Crippen LogP contribution in [-0.2, 0) is 16.2 Å². The van der Waals surface area contributed by atoms with Crippen LogP contribution in [0.25, 0.3) is 188 Å². The van der Waals surface area contributed by atoms with Gasteiger partial charge in [-0.15, -0.1) is 0 Å². The molecule has 26 rings (SSSR count). The number of benzene rings is 21. The highest BCUT2D eigenvalue weighted by molar-refractivity contribution is 6.15. The molecule has 23 aromatic rings. The summed E-state index contributed by atoms with van der Waals surface area (Å²) in [7, 11) is 0. The molecule has 0 fully saturated rings. The molecule has 3 aliphatic carbocycles. The maximum Gasteiger partial charge on any atom is 0.135 e. The zero-order valence-corrected chi connectivity index (χ0v) is 76.1. The van der Waals surface area contributed by atoms with Crippen LogP contribution >= 0.6 is 0 Å². The standard InChI is InChI=1S/C72H53NO.C59H41NO/c1-71(2)65-42-55(54-32-40-70-64(41-54)61-17-11-12-18-69(61)74-70)31-38-59(65)62-44-68-63(45-67(62)71)60-39-37-58(43-66(60)72(68,3)4)73(56-33-27-52(28-34-56)50-23-19-48(20-24-50)46-13-7-5-8-14-46)57-35-29-53(30-36-57)51-25-21-49(22-26-51)47-15-9-6-10-16-47;1-59(2)54-35-43(42-27-33-58-53(34-42)52-18-10-11-19-57(52)61-58)26-31-49(54)50-32-30-46(37-55(50)59)60(56-36-44-14-6-7-15-47(44)48-16-8-9-17-51(48)56)45-28-24-41(25-29-45)40-22-20-39(21-23-40)38-12-4-3-5-13-38/h5-45H,1-4H3;3-37H,1-2H3. The number of hydrogen-bond donors (Lipinski definition) is 0. The Morgan fingerprint density at radius 3 is 0.800 bits per heavy atom. The molecule has 0 saturated heterocycles. The summed E-state index contributed by atoms with van der Waals surface area (Å²) in [5, 5.41) is 9.56. The largest absolute Gasteiger partial charge is 0.456 e. The van der Waals surface area contributed by atoms with E-state index in [0.29, 0.717) is 0 Å². The van der Waals surface area contributed by atoms with Crippen LogP contribution in [0, 0.1) is 0 Å². The summed E-state index contributed by atoms with van der Waals surface area (Å²) >= 11 is 0. The van der Waals surface area contributed by atoms with Crippen molar-refractivity contribution in [2.24, 2.45) is 0 Å². The van der Waals surface area contributed by atoms with Gasteiger partial charge in [0.05, 0.1) is 5.69 Å². The van der Waals surface area contributed by atoms with Gasteiger partial charge in [-0.1, -0.05) is 375 Å². The van der Waals surface area contributed by atoms with Crippen molar-refractivity contribution in [3.8, 4) is 122 Å². The SMILES string of the molecule is CC1(C)c2cc(-c3ccc4oc5ccccc5c4c3)ccc2-c2cc3c(cc21)-c1ccc(N(c2ccc(-c4ccc(-c5ccccc5)cc4)cc2)c2ccc(-c4ccc(-c5ccccc5)cc4)cc2)cc1C3(C)C.CC1(C)c2cc(-c3ccc4oc5ccccc5c4c3)ccc2-c2ccc(N(c3ccc(-c4ccc(-c5ccccc5)cc4)cc3)c3cc4ccccc4c4ccccc34)cc21. The summed E-state index contributed by atoms with van der Waals surface area (Å²) in [4.78, 5) is 4.89. The lowest BCUT2D eigenvalue weighted by molar-refractivity contribution is 0.652. The number of hydrogen-bond acceptors (Lipinski definition) is 4. The van der Waals surface area contributed by atoms with Crippen LogP contribution in [0.1, 0.15) is 74.9 Å². The fraction of sp³-hybridized carbons (Fsp3) is 0.0687. The zero-order chi connectivity index (χ0) is 90.4. The molecule has 0 amide bonds. The molecule has 21 aromatic carbocycles. The van der Waals surface area contributed by atoms with E-state index in [0.717, 1.165) is 78.0 Å². The van der Waals surface area contributed by atoms with Crippen LogP contribution in [-0.4, -0.2) is 0 Å². The molecule has 0 spiro atoms. The lowest BCUT2D eigenvalue weighted by atomic mass is 9.79. The minimum atomic E-state index is -0.234. The summed E-state index contributed by atoms with van der Waals surface area (Å²) in [5.74, 6) is 0.